The van der Waals surface area contributed by atoms with Gasteiger partial charge in [0, 0.05) is 0 Å². The van der Waals surface area contributed by atoms with E-state index < -0.39 is 8.25 Å². The number of hydrogen-bond acceptors (Lipinski definition) is 2. The Bertz CT molecular complexity index is 159. The van der Waals surface area contributed by atoms with Crippen molar-refractivity contribution in [3.63, 3.8) is 0 Å². The first-order chi connectivity index (χ1) is 6.70. The van der Waals surface area contributed by atoms with Gasteiger partial charge in [-0.25, -0.2) is 0 Å². The van der Waals surface area contributed by atoms with Crippen molar-refractivity contribution in [2.24, 2.45) is 11.8 Å². The molecule has 2 aliphatic rings. The van der Waals surface area contributed by atoms with E-state index in [4.69, 9.17) is 14.4 Å². The lowest BCUT2D eigenvalue weighted by molar-refractivity contribution is 0.185. The lowest BCUT2D eigenvalue weighted by Crippen LogP contribution is -2.38. The average molecular weight is 221 g/mol. The van der Waals surface area contributed by atoms with Gasteiger partial charge in [0.2, 0.25) is 0 Å². The Morgan fingerprint density at radius 2 is 1.64 bits per heavy atom. The van der Waals surface area contributed by atoms with Crippen LogP contribution in [0.5, 0.6) is 0 Å². The molecule has 0 spiro atoms. The molecular formula is C9H20NO3P. The van der Waals surface area contributed by atoms with Gasteiger partial charge in [0.1, 0.15) is 0 Å². The number of fused-ring (bicyclic) bond motifs is 1. The molecule has 3 N–H and O–H groups in total. The van der Waals surface area contributed by atoms with Gasteiger partial charge in [0.15, 0.2) is 0 Å². The molecule has 0 aromatic rings. The molecule has 14 heavy (non-hydrogen) atoms. The van der Waals surface area contributed by atoms with E-state index in [1.807, 2.05) is 0 Å². The fourth-order valence-electron chi connectivity index (χ4n) is 2.51. The highest BCUT2D eigenvalue weighted by Crippen LogP contribution is 2.33. The quantitative estimate of drug-likeness (QED) is 0.537. The molecule has 84 valence electrons. The number of hydrogen-bond donors (Lipinski definition) is 3. The lowest BCUT2D eigenvalue weighted by Gasteiger charge is -2.35. The third-order valence-electron chi connectivity index (χ3n) is 3.16. The summed E-state index contributed by atoms with van der Waals surface area (Å²) >= 11 is 0. The summed E-state index contributed by atoms with van der Waals surface area (Å²) in [5, 5.41) is 3.48. The summed E-state index contributed by atoms with van der Waals surface area (Å²) in [4.78, 5) is 14.3. The van der Waals surface area contributed by atoms with Gasteiger partial charge in [0.05, 0.1) is 0 Å². The van der Waals surface area contributed by atoms with Gasteiger partial charge in [-0.05, 0) is 37.8 Å². The average Bonchev–Trinajstić information content (AvgIpc) is 2.17. The van der Waals surface area contributed by atoms with Crippen LogP contribution in [-0.4, -0.2) is 22.9 Å². The van der Waals surface area contributed by atoms with Gasteiger partial charge in [-0.3, -0.25) is 4.57 Å². The van der Waals surface area contributed by atoms with Crippen molar-refractivity contribution in [1.29, 1.82) is 0 Å². The molecule has 2 fully saturated rings. The van der Waals surface area contributed by atoms with E-state index in [-0.39, 0.29) is 0 Å². The molecule has 0 amide bonds. The van der Waals surface area contributed by atoms with E-state index in [0.29, 0.717) is 0 Å². The minimum atomic E-state index is -3.13. The van der Waals surface area contributed by atoms with Gasteiger partial charge in [-0.1, -0.05) is 19.3 Å². The number of nitrogens with one attached hydrogen (secondary N) is 1. The molecule has 4 nitrogen and oxygen atoms in total. The highest BCUT2D eigenvalue weighted by atomic mass is 31.1. The van der Waals surface area contributed by atoms with Crippen molar-refractivity contribution >= 4 is 8.25 Å². The Labute approximate surface area is 85.7 Å². The maximum absolute atomic E-state index is 8.74. The maximum Gasteiger partial charge on any atom is 0.314 e. The van der Waals surface area contributed by atoms with Gasteiger partial charge in [0.25, 0.3) is 0 Å². The second-order valence-electron chi connectivity index (χ2n) is 4.08. The summed E-state index contributed by atoms with van der Waals surface area (Å²) in [5.41, 5.74) is 0. The summed E-state index contributed by atoms with van der Waals surface area (Å²) in [6, 6.07) is 0. The molecule has 5 heteroatoms. The molecule has 1 saturated carbocycles. The highest BCUT2D eigenvalue weighted by Gasteiger charge is 2.26. The van der Waals surface area contributed by atoms with Crippen LogP contribution >= 0.6 is 8.25 Å². The van der Waals surface area contributed by atoms with Crippen LogP contribution in [0.4, 0.5) is 0 Å². The molecule has 1 heterocycles. The van der Waals surface area contributed by atoms with Gasteiger partial charge >= 0.3 is 8.25 Å². The topological polar surface area (TPSA) is 69.6 Å². The Hall–Kier alpha value is 0.110. The van der Waals surface area contributed by atoms with Crippen LogP contribution < -0.4 is 5.32 Å². The first kappa shape index (κ1) is 12.2. The number of piperidine rings is 1. The Kier molecular flexibility index (Phi) is 5.71. The van der Waals surface area contributed by atoms with E-state index in [0.717, 1.165) is 11.8 Å². The predicted octanol–water partition coefficient (Wildman–Crippen LogP) is 1.15. The first-order valence-corrected chi connectivity index (χ1v) is 6.63. The van der Waals surface area contributed by atoms with Crippen LogP contribution in [0.2, 0.25) is 0 Å². The van der Waals surface area contributed by atoms with Crippen LogP contribution in [0.15, 0.2) is 0 Å². The minimum Gasteiger partial charge on any atom is -0.326 e. The third kappa shape index (κ3) is 4.56. The molecule has 1 aliphatic heterocycles. The summed E-state index contributed by atoms with van der Waals surface area (Å²) in [6.07, 6.45) is 7.46. The molecule has 2 atom stereocenters. The Balaban J connectivity index is 0.000000213. The van der Waals surface area contributed by atoms with Crippen molar-refractivity contribution < 1.29 is 14.4 Å². The normalized spacial score (nSPS) is 31.6. The van der Waals surface area contributed by atoms with E-state index in [1.54, 1.807) is 0 Å². The zero-order valence-electron chi connectivity index (χ0n) is 8.41. The second kappa shape index (κ2) is 6.57. The van der Waals surface area contributed by atoms with Gasteiger partial charge in [-0.2, -0.15) is 0 Å². The second-order valence-corrected chi connectivity index (χ2v) is 4.65. The summed E-state index contributed by atoms with van der Waals surface area (Å²) in [6.45, 7) is 2.59. The summed E-state index contributed by atoms with van der Waals surface area (Å²) in [7, 11) is -3.13. The van der Waals surface area contributed by atoms with E-state index in [2.05, 4.69) is 5.32 Å². The smallest absolute Gasteiger partial charge is 0.314 e. The van der Waals surface area contributed by atoms with Crippen molar-refractivity contribution in [2.75, 3.05) is 13.1 Å². The van der Waals surface area contributed by atoms with E-state index in [9.17, 15) is 0 Å². The van der Waals surface area contributed by atoms with Crippen LogP contribution in [0, 0.1) is 11.8 Å². The zero-order valence-corrected chi connectivity index (χ0v) is 9.41. The monoisotopic (exact) mass is 221 g/mol. The van der Waals surface area contributed by atoms with Gasteiger partial charge in [-0.15, -0.1) is 0 Å². The van der Waals surface area contributed by atoms with Crippen LogP contribution in [0.1, 0.15) is 32.1 Å². The van der Waals surface area contributed by atoms with E-state index >= 15 is 0 Å². The summed E-state index contributed by atoms with van der Waals surface area (Å²) in [5.74, 6) is 2.14. The molecule has 0 aromatic carbocycles. The van der Waals surface area contributed by atoms with Crippen LogP contribution in [0.3, 0.4) is 0 Å². The molecule has 0 radical (unpaired) electrons. The Morgan fingerprint density at radius 1 is 1.07 bits per heavy atom. The molecule has 2 unspecified atom stereocenters. The maximum atomic E-state index is 8.74. The van der Waals surface area contributed by atoms with Crippen LogP contribution in [-0.2, 0) is 4.57 Å². The first-order valence-electron chi connectivity index (χ1n) is 5.32. The van der Waals surface area contributed by atoms with Gasteiger partial charge < -0.3 is 15.1 Å². The van der Waals surface area contributed by atoms with Crippen LogP contribution in [0.25, 0.3) is 0 Å². The molecular weight excluding hydrogens is 201 g/mol. The van der Waals surface area contributed by atoms with Crippen molar-refractivity contribution in [3.8, 4) is 0 Å². The minimum absolute atomic E-state index is 1.04. The SMILES string of the molecule is C1CCC2CNCCC2C1.O=[PH](O)O. The van der Waals surface area contributed by atoms with Crippen molar-refractivity contribution in [3.05, 3.63) is 0 Å². The largest absolute Gasteiger partial charge is 0.326 e. The number of rotatable bonds is 0. The zero-order chi connectivity index (χ0) is 10.4. The molecule has 2 rings (SSSR count). The molecule has 0 aromatic heterocycles. The lowest BCUT2D eigenvalue weighted by atomic mass is 9.76. The molecule has 0 bridgehead atoms. The fourth-order valence-corrected chi connectivity index (χ4v) is 2.51. The third-order valence-corrected chi connectivity index (χ3v) is 3.16. The van der Waals surface area contributed by atoms with E-state index in [1.165, 1.54) is 45.2 Å². The molecule has 1 saturated heterocycles. The summed E-state index contributed by atoms with van der Waals surface area (Å²) < 4.78 is 8.74. The Morgan fingerprint density at radius 3 is 2.21 bits per heavy atom. The van der Waals surface area contributed by atoms with Crippen molar-refractivity contribution in [2.45, 2.75) is 32.1 Å². The van der Waals surface area contributed by atoms with Crippen molar-refractivity contribution in [1.82, 2.24) is 5.32 Å². The molecule has 1 aliphatic carbocycles. The fraction of sp³-hybridized carbons (Fsp3) is 1.00. The standard InChI is InChI=1S/C9H17N.H3O3P/c1-2-4-9-7-10-6-5-8(9)3-1;1-4(2)3/h8-10H,1-7H2;4H,(H2,1,2,3). The predicted molar refractivity (Wildman–Crippen MR) is 56.4 cm³/mol. The highest BCUT2D eigenvalue weighted by molar-refractivity contribution is 7.30.